The molecule has 0 amide bonds. The van der Waals surface area contributed by atoms with Gasteiger partial charge in [0, 0.05) is 43.9 Å². The van der Waals surface area contributed by atoms with Crippen LogP contribution in [0.2, 0.25) is 0 Å². The Morgan fingerprint density at radius 2 is 2.32 bits per heavy atom. The van der Waals surface area contributed by atoms with Crippen LogP contribution in [-0.2, 0) is 24.2 Å². The highest BCUT2D eigenvalue weighted by Gasteiger charge is 2.05. The van der Waals surface area contributed by atoms with Gasteiger partial charge in [0.05, 0.1) is 24.4 Å². The number of thiazole rings is 1. The molecule has 0 saturated carbocycles. The Kier molecular flexibility index (Phi) is 5.50. The van der Waals surface area contributed by atoms with Gasteiger partial charge in [-0.3, -0.25) is 0 Å². The summed E-state index contributed by atoms with van der Waals surface area (Å²) in [7, 11) is 1.71. The van der Waals surface area contributed by atoms with E-state index in [9.17, 15) is 0 Å². The quantitative estimate of drug-likeness (QED) is 0.747. The zero-order chi connectivity index (χ0) is 13.5. The third kappa shape index (κ3) is 4.12. The highest BCUT2D eigenvalue weighted by atomic mass is 32.1. The molecule has 0 fully saturated rings. The molecular weight excluding hydrogens is 260 g/mol. The van der Waals surface area contributed by atoms with Crippen LogP contribution >= 0.6 is 11.3 Å². The lowest BCUT2D eigenvalue weighted by Crippen LogP contribution is -2.21. The minimum Gasteiger partial charge on any atom is -0.383 e. The second-order valence-corrected chi connectivity index (χ2v) is 5.26. The predicted octanol–water partition coefficient (Wildman–Crippen LogP) is 1.63. The Morgan fingerprint density at radius 1 is 1.42 bits per heavy atom. The highest BCUT2D eigenvalue weighted by Crippen LogP contribution is 2.14. The molecule has 2 heterocycles. The number of ether oxygens (including phenoxy) is 1. The number of nitrogens with one attached hydrogen (secondary N) is 1. The molecule has 0 aliphatic rings. The molecule has 2 aromatic heterocycles. The zero-order valence-electron chi connectivity index (χ0n) is 11.4. The first-order valence-corrected chi connectivity index (χ1v) is 7.28. The van der Waals surface area contributed by atoms with Gasteiger partial charge in [0.2, 0.25) is 0 Å². The van der Waals surface area contributed by atoms with Gasteiger partial charge >= 0.3 is 0 Å². The van der Waals surface area contributed by atoms with Gasteiger partial charge in [0.25, 0.3) is 0 Å². The molecule has 0 unspecified atom stereocenters. The Bertz CT molecular complexity index is 494. The minimum atomic E-state index is 0.723. The van der Waals surface area contributed by atoms with Crippen molar-refractivity contribution in [2.24, 2.45) is 0 Å². The molecule has 0 aromatic carbocycles. The Hall–Kier alpha value is -1.24. The standard InChI is InChI=1S/C13H20N4OS/c1-11-12(19-10-16-11)3-6-17-7-4-15-13(17)9-14-5-8-18-2/h4,7,10,14H,3,5-6,8-9H2,1-2H3. The molecule has 6 heteroatoms. The number of rotatable bonds is 8. The second-order valence-electron chi connectivity index (χ2n) is 4.32. The molecule has 104 valence electrons. The number of nitrogens with zero attached hydrogens (tertiary/aromatic N) is 3. The summed E-state index contributed by atoms with van der Waals surface area (Å²) in [6.45, 7) is 5.35. The van der Waals surface area contributed by atoms with Gasteiger partial charge < -0.3 is 14.6 Å². The van der Waals surface area contributed by atoms with Crippen molar-refractivity contribution < 1.29 is 4.74 Å². The smallest absolute Gasteiger partial charge is 0.122 e. The molecule has 2 rings (SSSR count). The molecule has 0 spiro atoms. The van der Waals surface area contributed by atoms with E-state index < -0.39 is 0 Å². The van der Waals surface area contributed by atoms with Crippen LogP contribution in [0.25, 0.3) is 0 Å². The van der Waals surface area contributed by atoms with Gasteiger partial charge in [-0.25, -0.2) is 9.97 Å². The van der Waals surface area contributed by atoms with Crippen molar-refractivity contribution in [3.8, 4) is 0 Å². The maximum atomic E-state index is 5.01. The van der Waals surface area contributed by atoms with E-state index in [0.29, 0.717) is 0 Å². The van der Waals surface area contributed by atoms with Crippen LogP contribution in [-0.4, -0.2) is 34.8 Å². The molecule has 1 N–H and O–H groups in total. The monoisotopic (exact) mass is 280 g/mol. The normalized spacial score (nSPS) is 11.1. The molecule has 0 radical (unpaired) electrons. The van der Waals surface area contributed by atoms with Crippen molar-refractivity contribution in [1.82, 2.24) is 19.9 Å². The van der Waals surface area contributed by atoms with Gasteiger partial charge in [-0.2, -0.15) is 0 Å². The van der Waals surface area contributed by atoms with E-state index >= 15 is 0 Å². The van der Waals surface area contributed by atoms with Crippen LogP contribution in [0.3, 0.4) is 0 Å². The summed E-state index contributed by atoms with van der Waals surface area (Å²) in [6.07, 6.45) is 4.90. The maximum absolute atomic E-state index is 5.01. The molecule has 0 saturated heterocycles. The Morgan fingerprint density at radius 3 is 3.05 bits per heavy atom. The average molecular weight is 280 g/mol. The maximum Gasteiger partial charge on any atom is 0.122 e. The highest BCUT2D eigenvalue weighted by molar-refractivity contribution is 7.09. The first-order valence-electron chi connectivity index (χ1n) is 6.40. The van der Waals surface area contributed by atoms with E-state index in [1.807, 2.05) is 17.9 Å². The van der Waals surface area contributed by atoms with Gasteiger partial charge in [0.1, 0.15) is 5.82 Å². The van der Waals surface area contributed by atoms with Gasteiger partial charge in [-0.05, 0) is 6.92 Å². The number of hydrogen-bond donors (Lipinski definition) is 1. The van der Waals surface area contributed by atoms with Crippen molar-refractivity contribution in [1.29, 1.82) is 0 Å². The molecule has 0 aliphatic carbocycles. The lowest BCUT2D eigenvalue weighted by molar-refractivity contribution is 0.199. The second kappa shape index (κ2) is 7.37. The fraction of sp³-hybridized carbons (Fsp3) is 0.538. The summed E-state index contributed by atoms with van der Waals surface area (Å²) in [5.41, 5.74) is 3.05. The van der Waals surface area contributed by atoms with E-state index in [1.54, 1.807) is 18.4 Å². The predicted molar refractivity (Wildman–Crippen MR) is 76.4 cm³/mol. The van der Waals surface area contributed by atoms with Crippen molar-refractivity contribution in [3.63, 3.8) is 0 Å². The third-order valence-corrected chi connectivity index (χ3v) is 3.99. The largest absolute Gasteiger partial charge is 0.383 e. The number of methoxy groups -OCH3 is 1. The zero-order valence-corrected chi connectivity index (χ0v) is 12.2. The minimum absolute atomic E-state index is 0.723. The topological polar surface area (TPSA) is 52.0 Å². The van der Waals surface area contributed by atoms with Crippen molar-refractivity contribution in [2.75, 3.05) is 20.3 Å². The first kappa shape index (κ1) is 14.2. The van der Waals surface area contributed by atoms with Gasteiger partial charge in [-0.1, -0.05) is 0 Å². The summed E-state index contributed by atoms with van der Waals surface area (Å²) >= 11 is 1.72. The molecule has 0 aliphatic heterocycles. The summed E-state index contributed by atoms with van der Waals surface area (Å²) in [5.74, 6) is 1.07. The van der Waals surface area contributed by atoms with Crippen LogP contribution < -0.4 is 5.32 Å². The van der Waals surface area contributed by atoms with Gasteiger partial charge in [-0.15, -0.1) is 11.3 Å². The lowest BCUT2D eigenvalue weighted by Gasteiger charge is -2.08. The first-order chi connectivity index (χ1) is 9.31. The molecule has 5 nitrogen and oxygen atoms in total. The van der Waals surface area contributed by atoms with E-state index in [-0.39, 0.29) is 0 Å². The SMILES string of the molecule is COCCNCc1nccn1CCc1scnc1C. The van der Waals surface area contributed by atoms with Crippen molar-refractivity contribution >= 4 is 11.3 Å². The Balaban J connectivity index is 1.83. The molecule has 19 heavy (non-hydrogen) atoms. The lowest BCUT2D eigenvalue weighted by atomic mass is 10.3. The van der Waals surface area contributed by atoms with E-state index in [1.165, 1.54) is 4.88 Å². The number of aromatic nitrogens is 3. The molecule has 2 aromatic rings. The van der Waals surface area contributed by atoms with Crippen molar-refractivity contribution in [3.05, 3.63) is 34.3 Å². The van der Waals surface area contributed by atoms with E-state index in [2.05, 4.69) is 26.8 Å². The summed E-state index contributed by atoms with van der Waals surface area (Å²) < 4.78 is 7.20. The van der Waals surface area contributed by atoms with E-state index in [4.69, 9.17) is 4.74 Å². The van der Waals surface area contributed by atoms with Crippen LogP contribution in [0.15, 0.2) is 17.9 Å². The summed E-state index contributed by atoms with van der Waals surface area (Å²) in [4.78, 5) is 10.0. The molecular formula is C13H20N4OS. The van der Waals surface area contributed by atoms with Crippen LogP contribution in [0, 0.1) is 6.92 Å². The van der Waals surface area contributed by atoms with Gasteiger partial charge in [0.15, 0.2) is 0 Å². The van der Waals surface area contributed by atoms with E-state index in [0.717, 1.165) is 44.2 Å². The summed E-state index contributed by atoms with van der Waals surface area (Å²) in [6, 6.07) is 0. The fourth-order valence-electron chi connectivity index (χ4n) is 1.87. The fourth-order valence-corrected chi connectivity index (χ4v) is 2.64. The number of imidazole rings is 1. The summed E-state index contributed by atoms with van der Waals surface area (Å²) in [5, 5.41) is 3.32. The molecule has 0 bridgehead atoms. The van der Waals surface area contributed by atoms with Crippen LogP contribution in [0.5, 0.6) is 0 Å². The van der Waals surface area contributed by atoms with Crippen molar-refractivity contribution in [2.45, 2.75) is 26.4 Å². The third-order valence-electron chi connectivity index (χ3n) is 2.99. The Labute approximate surface area is 117 Å². The van der Waals surface area contributed by atoms with Crippen LogP contribution in [0.4, 0.5) is 0 Å². The number of aryl methyl sites for hydroxylation is 3. The number of hydrogen-bond acceptors (Lipinski definition) is 5. The average Bonchev–Trinajstić information content (AvgIpc) is 3.01. The molecule has 0 atom stereocenters. The van der Waals surface area contributed by atoms with Crippen LogP contribution in [0.1, 0.15) is 16.4 Å².